The monoisotopic (exact) mass is 393 g/mol. The van der Waals surface area contributed by atoms with Crippen molar-refractivity contribution in [2.24, 2.45) is 0 Å². The Labute approximate surface area is 166 Å². The molecule has 4 rings (SSSR count). The number of aromatic nitrogens is 3. The molecule has 0 saturated carbocycles. The van der Waals surface area contributed by atoms with Gasteiger partial charge in [0.15, 0.2) is 17.3 Å². The predicted molar refractivity (Wildman–Crippen MR) is 112 cm³/mol. The lowest BCUT2D eigenvalue weighted by atomic mass is 10.1. The maximum atomic E-state index is 5.87. The van der Waals surface area contributed by atoms with Gasteiger partial charge in [-0.05, 0) is 41.8 Å². The fourth-order valence-electron chi connectivity index (χ4n) is 2.90. The van der Waals surface area contributed by atoms with Crippen LogP contribution in [0.2, 0.25) is 0 Å². The first-order valence-corrected chi connectivity index (χ1v) is 9.49. The Balaban J connectivity index is 1.75. The largest absolute Gasteiger partial charge is 0.493 e. The number of hydrogen-bond acceptors (Lipinski definition) is 8. The lowest BCUT2D eigenvalue weighted by Crippen LogP contribution is -2.06. The van der Waals surface area contributed by atoms with Crippen molar-refractivity contribution < 1.29 is 9.47 Å². The van der Waals surface area contributed by atoms with Gasteiger partial charge in [0.1, 0.15) is 5.52 Å². The average molecular weight is 393 g/mol. The first-order chi connectivity index (χ1) is 13.7. The van der Waals surface area contributed by atoms with Gasteiger partial charge in [-0.2, -0.15) is 4.98 Å². The second-order valence-corrected chi connectivity index (χ2v) is 7.03. The van der Waals surface area contributed by atoms with Crippen LogP contribution in [0.1, 0.15) is 4.88 Å². The van der Waals surface area contributed by atoms with Crippen LogP contribution in [0.15, 0.2) is 47.8 Å². The first-order valence-electron chi connectivity index (χ1n) is 8.61. The summed E-state index contributed by atoms with van der Waals surface area (Å²) in [4.78, 5) is 14.6. The molecule has 0 aliphatic rings. The molecule has 0 saturated heterocycles. The molecule has 4 aromatic rings. The minimum Gasteiger partial charge on any atom is -0.493 e. The van der Waals surface area contributed by atoms with Gasteiger partial charge in [0, 0.05) is 10.4 Å². The van der Waals surface area contributed by atoms with Gasteiger partial charge in [0.25, 0.3) is 0 Å². The Morgan fingerprint density at radius 1 is 1.00 bits per heavy atom. The lowest BCUT2D eigenvalue weighted by molar-refractivity contribution is 0.355. The van der Waals surface area contributed by atoms with Gasteiger partial charge >= 0.3 is 0 Å². The SMILES string of the molecule is COc1ccc(-c2ccc3nc(N)nc(NCc4cccs4)c3n2)cc1OC. The summed E-state index contributed by atoms with van der Waals surface area (Å²) in [6, 6.07) is 13.6. The van der Waals surface area contributed by atoms with Gasteiger partial charge in [0.05, 0.1) is 32.0 Å². The number of methoxy groups -OCH3 is 2. The number of hydrogen-bond donors (Lipinski definition) is 2. The van der Waals surface area contributed by atoms with Crippen molar-refractivity contribution in [3.8, 4) is 22.8 Å². The molecule has 0 aliphatic heterocycles. The highest BCUT2D eigenvalue weighted by molar-refractivity contribution is 7.09. The highest BCUT2D eigenvalue weighted by atomic mass is 32.1. The van der Waals surface area contributed by atoms with Gasteiger partial charge in [0.2, 0.25) is 5.95 Å². The van der Waals surface area contributed by atoms with Gasteiger partial charge < -0.3 is 20.5 Å². The highest BCUT2D eigenvalue weighted by Crippen LogP contribution is 2.32. The third-order valence-electron chi connectivity index (χ3n) is 4.25. The van der Waals surface area contributed by atoms with Gasteiger partial charge in [-0.25, -0.2) is 9.97 Å². The van der Waals surface area contributed by atoms with Crippen LogP contribution < -0.4 is 20.5 Å². The van der Waals surface area contributed by atoms with Crippen molar-refractivity contribution in [2.45, 2.75) is 6.54 Å². The minimum absolute atomic E-state index is 0.210. The smallest absolute Gasteiger partial charge is 0.222 e. The molecule has 0 aliphatic carbocycles. The topological polar surface area (TPSA) is 95.2 Å². The zero-order chi connectivity index (χ0) is 19.5. The average Bonchev–Trinajstić information content (AvgIpc) is 3.24. The maximum Gasteiger partial charge on any atom is 0.222 e. The molecule has 0 unspecified atom stereocenters. The van der Waals surface area contributed by atoms with Crippen LogP contribution in [-0.2, 0) is 6.54 Å². The number of thiophene rings is 1. The Bertz CT molecular complexity index is 1120. The fourth-order valence-corrected chi connectivity index (χ4v) is 3.54. The predicted octanol–water partition coefficient (Wildman–Crippen LogP) is 3.96. The zero-order valence-corrected chi connectivity index (χ0v) is 16.3. The van der Waals surface area contributed by atoms with Gasteiger partial charge in [-0.3, -0.25) is 0 Å². The normalized spacial score (nSPS) is 10.8. The van der Waals surface area contributed by atoms with Crippen molar-refractivity contribution in [3.05, 3.63) is 52.7 Å². The number of nitrogen functional groups attached to an aromatic ring is 1. The Morgan fingerprint density at radius 2 is 1.86 bits per heavy atom. The van der Waals surface area contributed by atoms with E-state index >= 15 is 0 Å². The van der Waals surface area contributed by atoms with E-state index in [2.05, 4.69) is 21.4 Å². The molecule has 3 N–H and O–H groups in total. The van der Waals surface area contributed by atoms with E-state index in [9.17, 15) is 0 Å². The van der Waals surface area contributed by atoms with Gasteiger partial charge in [-0.15, -0.1) is 11.3 Å². The number of nitrogens with one attached hydrogen (secondary N) is 1. The Hall–Kier alpha value is -3.39. The van der Waals surface area contributed by atoms with Crippen molar-refractivity contribution in [3.63, 3.8) is 0 Å². The van der Waals surface area contributed by atoms with E-state index in [1.54, 1.807) is 25.6 Å². The molecular weight excluding hydrogens is 374 g/mol. The number of nitrogens with two attached hydrogens (primary N) is 1. The molecule has 0 spiro atoms. The number of rotatable bonds is 6. The molecule has 1 aromatic carbocycles. The molecule has 0 atom stereocenters. The van der Waals surface area contributed by atoms with Crippen molar-refractivity contribution in [1.82, 2.24) is 15.0 Å². The van der Waals surface area contributed by atoms with Crippen LogP contribution in [0.4, 0.5) is 11.8 Å². The Morgan fingerprint density at radius 3 is 2.61 bits per heavy atom. The standard InChI is InChI=1S/C20H19N5O2S/c1-26-16-8-5-12(10-17(16)27-2)14-6-7-15-18(23-14)19(25-20(21)24-15)22-11-13-4-3-9-28-13/h3-10H,11H2,1-2H3,(H3,21,22,24,25). The number of fused-ring (bicyclic) bond motifs is 1. The van der Waals surface area contributed by atoms with E-state index in [0.717, 1.165) is 11.3 Å². The highest BCUT2D eigenvalue weighted by Gasteiger charge is 2.12. The summed E-state index contributed by atoms with van der Waals surface area (Å²) in [5, 5.41) is 5.36. The number of anilines is 2. The number of pyridine rings is 1. The number of benzene rings is 1. The van der Waals surface area contributed by atoms with E-state index in [-0.39, 0.29) is 5.95 Å². The number of nitrogens with zero attached hydrogens (tertiary/aromatic N) is 3. The molecule has 142 valence electrons. The van der Waals surface area contributed by atoms with Crippen LogP contribution in [0.25, 0.3) is 22.3 Å². The molecular formula is C20H19N5O2S. The lowest BCUT2D eigenvalue weighted by Gasteiger charge is -2.11. The van der Waals surface area contributed by atoms with Crippen LogP contribution >= 0.6 is 11.3 Å². The maximum absolute atomic E-state index is 5.87. The summed E-state index contributed by atoms with van der Waals surface area (Å²) in [7, 11) is 3.22. The van der Waals surface area contributed by atoms with Gasteiger partial charge in [-0.1, -0.05) is 6.07 Å². The molecule has 8 heteroatoms. The van der Waals surface area contributed by atoms with Crippen molar-refractivity contribution in [2.75, 3.05) is 25.3 Å². The van der Waals surface area contributed by atoms with Crippen LogP contribution in [-0.4, -0.2) is 29.2 Å². The van der Waals surface area contributed by atoms with Crippen molar-refractivity contribution in [1.29, 1.82) is 0 Å². The second-order valence-electron chi connectivity index (χ2n) is 6.00. The van der Waals surface area contributed by atoms with E-state index in [1.165, 1.54) is 4.88 Å². The third-order valence-corrected chi connectivity index (χ3v) is 5.13. The Kier molecular flexibility index (Phi) is 4.94. The molecule has 7 nitrogen and oxygen atoms in total. The molecule has 3 aromatic heterocycles. The zero-order valence-electron chi connectivity index (χ0n) is 15.5. The number of ether oxygens (including phenoxy) is 2. The fraction of sp³-hybridized carbons (Fsp3) is 0.150. The molecule has 0 fully saturated rings. The van der Waals surface area contributed by atoms with E-state index in [0.29, 0.717) is 34.9 Å². The van der Waals surface area contributed by atoms with E-state index in [1.807, 2.05) is 41.8 Å². The molecule has 28 heavy (non-hydrogen) atoms. The summed E-state index contributed by atoms with van der Waals surface area (Å²) in [6.45, 7) is 0.644. The molecule has 0 radical (unpaired) electrons. The summed E-state index contributed by atoms with van der Waals surface area (Å²) in [6.07, 6.45) is 0. The quantitative estimate of drug-likeness (QED) is 0.512. The first kappa shape index (κ1) is 18.0. The molecule has 3 heterocycles. The van der Waals surface area contributed by atoms with Crippen LogP contribution in [0.3, 0.4) is 0 Å². The van der Waals surface area contributed by atoms with Crippen molar-refractivity contribution >= 4 is 34.1 Å². The third kappa shape index (κ3) is 3.54. The summed E-state index contributed by atoms with van der Waals surface area (Å²) >= 11 is 1.68. The molecule has 0 bridgehead atoms. The van der Waals surface area contributed by atoms with E-state index < -0.39 is 0 Å². The minimum atomic E-state index is 0.210. The van der Waals surface area contributed by atoms with Crippen LogP contribution in [0.5, 0.6) is 11.5 Å². The summed E-state index contributed by atoms with van der Waals surface area (Å²) in [5.41, 5.74) is 8.91. The summed E-state index contributed by atoms with van der Waals surface area (Å²) < 4.78 is 10.7. The molecule has 0 amide bonds. The summed E-state index contributed by atoms with van der Waals surface area (Å²) in [5.74, 6) is 2.13. The second kappa shape index (κ2) is 7.69. The van der Waals surface area contributed by atoms with Crippen LogP contribution in [0, 0.1) is 0 Å². The van der Waals surface area contributed by atoms with E-state index in [4.69, 9.17) is 20.2 Å².